The molecule has 158 valence electrons. The highest BCUT2D eigenvalue weighted by molar-refractivity contribution is 7.93. The molecule has 0 bridgehead atoms. The smallest absolute Gasteiger partial charge is 0.241 e. The average molecular weight is 445 g/mol. The van der Waals surface area contributed by atoms with Crippen molar-refractivity contribution in [2.75, 3.05) is 6.26 Å². The van der Waals surface area contributed by atoms with Crippen molar-refractivity contribution in [2.24, 2.45) is 0 Å². The Bertz CT molecular complexity index is 1070. The number of rotatable bonds is 7. The van der Waals surface area contributed by atoms with Gasteiger partial charge in [-0.15, -0.1) is 0 Å². The second-order valence-corrected chi connectivity index (χ2v) is 10.8. The third kappa shape index (κ3) is 4.53. The molecule has 0 radical (unpaired) electrons. The lowest BCUT2D eigenvalue weighted by Crippen LogP contribution is -2.58. The van der Waals surface area contributed by atoms with E-state index in [0.29, 0.717) is 29.8 Å². The van der Waals surface area contributed by atoms with Crippen molar-refractivity contribution in [2.45, 2.75) is 49.3 Å². The van der Waals surface area contributed by atoms with Gasteiger partial charge in [0.2, 0.25) is 5.91 Å². The molecule has 30 heavy (non-hydrogen) atoms. The fraction of sp³-hybridized carbons (Fsp3) is 0.391. The van der Waals surface area contributed by atoms with E-state index in [1.807, 2.05) is 49.4 Å². The van der Waals surface area contributed by atoms with Crippen molar-refractivity contribution in [3.8, 4) is 6.07 Å². The van der Waals surface area contributed by atoms with E-state index in [-0.39, 0.29) is 12.0 Å². The summed E-state index contributed by atoms with van der Waals surface area (Å²) in [6.07, 6.45) is 3.19. The number of carbonyl (C=O) groups excluding carboxylic acids is 1. The van der Waals surface area contributed by atoms with Crippen LogP contribution in [0, 0.1) is 11.3 Å². The van der Waals surface area contributed by atoms with Gasteiger partial charge in [-0.25, -0.2) is 8.42 Å². The maximum absolute atomic E-state index is 13.0. The summed E-state index contributed by atoms with van der Waals surface area (Å²) in [5, 5.41) is 12.9. The number of hydrogen-bond donors (Lipinski definition) is 1. The Morgan fingerprint density at radius 3 is 2.43 bits per heavy atom. The van der Waals surface area contributed by atoms with E-state index in [0.717, 1.165) is 23.8 Å². The molecule has 7 heteroatoms. The van der Waals surface area contributed by atoms with E-state index in [1.54, 1.807) is 6.07 Å². The Balaban J connectivity index is 1.89. The number of carbonyl (C=O) groups is 1. The summed E-state index contributed by atoms with van der Waals surface area (Å²) in [6, 6.07) is 16.6. The minimum Gasteiger partial charge on any atom is -0.352 e. The third-order valence-electron chi connectivity index (χ3n) is 6.06. The zero-order valence-corrected chi connectivity index (χ0v) is 18.6. The molecule has 1 fully saturated rings. The van der Waals surface area contributed by atoms with Gasteiger partial charge in [-0.3, -0.25) is 4.79 Å². The van der Waals surface area contributed by atoms with Crippen molar-refractivity contribution >= 4 is 27.3 Å². The Morgan fingerprint density at radius 1 is 1.23 bits per heavy atom. The van der Waals surface area contributed by atoms with Crippen LogP contribution in [0.25, 0.3) is 0 Å². The fourth-order valence-electron chi connectivity index (χ4n) is 4.00. The second-order valence-electron chi connectivity index (χ2n) is 8.06. The minimum absolute atomic E-state index is 0.139. The number of sulfone groups is 1. The summed E-state index contributed by atoms with van der Waals surface area (Å²) in [6.45, 7) is 1.88. The third-order valence-corrected chi connectivity index (χ3v) is 8.33. The number of benzene rings is 2. The van der Waals surface area contributed by atoms with Crippen molar-refractivity contribution < 1.29 is 13.2 Å². The number of nitriles is 1. The monoisotopic (exact) mass is 444 g/mol. The summed E-state index contributed by atoms with van der Waals surface area (Å²) in [5.74, 6) is -0.568. The van der Waals surface area contributed by atoms with Gasteiger partial charge >= 0.3 is 0 Å². The number of nitrogens with one attached hydrogen (secondary N) is 1. The highest BCUT2D eigenvalue weighted by Crippen LogP contribution is 2.39. The summed E-state index contributed by atoms with van der Waals surface area (Å²) >= 11 is 6.00. The average Bonchev–Trinajstić information content (AvgIpc) is 2.65. The van der Waals surface area contributed by atoms with Crippen molar-refractivity contribution in [1.82, 2.24) is 5.32 Å². The van der Waals surface area contributed by atoms with Crippen LogP contribution >= 0.6 is 11.6 Å². The van der Waals surface area contributed by atoms with Crippen LogP contribution in [0.1, 0.15) is 48.8 Å². The topological polar surface area (TPSA) is 87.0 Å². The van der Waals surface area contributed by atoms with Crippen LogP contribution in [0.4, 0.5) is 0 Å². The van der Waals surface area contributed by atoms with Crippen LogP contribution in [-0.4, -0.2) is 31.4 Å². The van der Waals surface area contributed by atoms with Crippen LogP contribution in [-0.2, 0) is 21.1 Å². The predicted molar refractivity (Wildman–Crippen MR) is 118 cm³/mol. The first-order chi connectivity index (χ1) is 14.2. The van der Waals surface area contributed by atoms with Gasteiger partial charge in [0.25, 0.3) is 0 Å². The predicted octanol–water partition coefficient (Wildman–Crippen LogP) is 4.01. The maximum atomic E-state index is 13.0. The summed E-state index contributed by atoms with van der Waals surface area (Å²) in [4.78, 5) is 13.0. The molecule has 2 aromatic rings. The largest absolute Gasteiger partial charge is 0.352 e. The van der Waals surface area contributed by atoms with E-state index in [9.17, 15) is 18.5 Å². The molecule has 1 aliphatic carbocycles. The van der Waals surface area contributed by atoms with E-state index in [2.05, 4.69) is 11.4 Å². The second kappa shape index (κ2) is 8.79. The molecule has 0 aliphatic heterocycles. The lowest BCUT2D eigenvalue weighted by molar-refractivity contribution is -0.126. The van der Waals surface area contributed by atoms with Crippen LogP contribution in [0.15, 0.2) is 48.5 Å². The molecule has 5 nitrogen and oxygen atoms in total. The molecule has 2 atom stereocenters. The van der Waals surface area contributed by atoms with Crippen molar-refractivity contribution in [3.63, 3.8) is 0 Å². The van der Waals surface area contributed by atoms with Crippen LogP contribution in [0.3, 0.4) is 0 Å². The molecule has 0 aromatic heterocycles. The molecule has 3 rings (SSSR count). The Kier molecular flexibility index (Phi) is 6.54. The molecule has 1 aliphatic rings. The molecule has 2 aromatic carbocycles. The highest BCUT2D eigenvalue weighted by atomic mass is 35.5. The minimum atomic E-state index is -3.51. The van der Waals surface area contributed by atoms with E-state index in [4.69, 9.17) is 11.6 Å². The van der Waals surface area contributed by atoms with Gasteiger partial charge in [-0.05, 0) is 68.0 Å². The molecular weight excluding hydrogens is 420 g/mol. The van der Waals surface area contributed by atoms with Crippen molar-refractivity contribution in [3.05, 3.63) is 70.2 Å². The standard InChI is InChI=1S/C23H25ClN2O3S/c1-16(26-22(27)23(11-4-12-23)30(2,28)29)21(14-17-7-9-20(24)10-8-17)19-6-3-5-18(13-19)15-25/h3,5-10,13,16,21H,4,11-12,14H2,1-2H3,(H,26,27)/t16-,21+/m0/s1. The van der Waals surface area contributed by atoms with Crippen LogP contribution < -0.4 is 5.32 Å². The van der Waals surface area contributed by atoms with Crippen LogP contribution in [0.5, 0.6) is 0 Å². The van der Waals surface area contributed by atoms with E-state index >= 15 is 0 Å². The van der Waals surface area contributed by atoms with Gasteiger partial charge in [-0.1, -0.05) is 35.9 Å². The molecule has 0 saturated heterocycles. The maximum Gasteiger partial charge on any atom is 0.241 e. The summed E-state index contributed by atoms with van der Waals surface area (Å²) < 4.78 is 23.3. The Hall–Kier alpha value is -2.36. The van der Waals surface area contributed by atoms with Gasteiger partial charge in [0.05, 0.1) is 11.6 Å². The molecule has 0 unspecified atom stereocenters. The zero-order valence-electron chi connectivity index (χ0n) is 17.1. The lowest BCUT2D eigenvalue weighted by Gasteiger charge is -2.39. The first-order valence-electron chi connectivity index (χ1n) is 9.91. The molecule has 0 spiro atoms. The molecular formula is C23H25ClN2O3S. The molecule has 0 heterocycles. The van der Waals surface area contributed by atoms with Gasteiger partial charge in [-0.2, -0.15) is 5.26 Å². The number of nitrogens with zero attached hydrogens (tertiary/aromatic N) is 1. The SMILES string of the molecule is C[C@H](NC(=O)C1(S(C)(=O)=O)CCC1)[C@@H](Cc1ccc(Cl)cc1)c1cccc(C#N)c1. The first kappa shape index (κ1) is 22.3. The Morgan fingerprint density at radius 2 is 1.90 bits per heavy atom. The molecule has 1 amide bonds. The normalized spacial score (nSPS) is 17.3. The first-order valence-corrected chi connectivity index (χ1v) is 12.2. The lowest BCUT2D eigenvalue weighted by atomic mass is 9.82. The number of hydrogen-bond acceptors (Lipinski definition) is 4. The van der Waals surface area contributed by atoms with Gasteiger partial charge in [0, 0.05) is 23.2 Å². The zero-order chi connectivity index (χ0) is 21.9. The number of amides is 1. The molecule has 1 saturated carbocycles. The van der Waals surface area contributed by atoms with Gasteiger partial charge in [0.15, 0.2) is 9.84 Å². The number of halogens is 1. The Labute approximate surface area is 183 Å². The molecule has 1 N–H and O–H groups in total. The summed E-state index contributed by atoms with van der Waals surface area (Å²) in [5.41, 5.74) is 2.49. The van der Waals surface area contributed by atoms with Crippen molar-refractivity contribution in [1.29, 1.82) is 5.26 Å². The highest BCUT2D eigenvalue weighted by Gasteiger charge is 2.53. The van der Waals surface area contributed by atoms with Crippen LogP contribution in [0.2, 0.25) is 5.02 Å². The van der Waals surface area contributed by atoms with E-state index < -0.39 is 20.5 Å². The van der Waals surface area contributed by atoms with Gasteiger partial charge < -0.3 is 5.32 Å². The fourth-order valence-corrected chi connectivity index (χ4v) is 5.55. The summed E-state index contributed by atoms with van der Waals surface area (Å²) in [7, 11) is -3.51. The van der Waals surface area contributed by atoms with E-state index in [1.165, 1.54) is 0 Å². The quantitative estimate of drug-likeness (QED) is 0.698. The van der Waals surface area contributed by atoms with Gasteiger partial charge in [0.1, 0.15) is 4.75 Å².